The molecule has 0 bridgehead atoms. The third-order valence-electron chi connectivity index (χ3n) is 2.41. The Hall–Kier alpha value is -0.980. The molecule has 0 spiro atoms. The van der Waals surface area contributed by atoms with Crippen molar-refractivity contribution in [2.45, 2.75) is 5.54 Å². The molecule has 0 saturated carbocycles. The largest absolute Gasteiger partial charge is 0.377 e. The van der Waals surface area contributed by atoms with E-state index in [-0.39, 0.29) is 5.69 Å². The van der Waals surface area contributed by atoms with E-state index in [0.717, 1.165) is 4.47 Å². The van der Waals surface area contributed by atoms with Gasteiger partial charge >= 0.3 is 0 Å². The monoisotopic (exact) mass is 272 g/mol. The fraction of sp³-hybridized carbons (Fsp3) is 0.333. The van der Waals surface area contributed by atoms with E-state index in [4.69, 9.17) is 10.5 Å². The Morgan fingerprint density at radius 2 is 2.20 bits per heavy atom. The molecule has 0 amide bonds. The summed E-state index contributed by atoms with van der Waals surface area (Å²) in [6.45, 7) is 0.647. The minimum Gasteiger partial charge on any atom is -0.377 e. The van der Waals surface area contributed by atoms with Gasteiger partial charge in [0.15, 0.2) is 0 Å². The Kier molecular flexibility index (Phi) is 2.49. The average molecular weight is 273 g/mol. The lowest BCUT2D eigenvalue weighted by Gasteiger charge is -2.37. The first kappa shape index (κ1) is 10.5. The van der Waals surface area contributed by atoms with E-state index in [1.54, 1.807) is 12.1 Å². The quantitative estimate of drug-likeness (QED) is 0.654. The Labute approximate surface area is 94.5 Å². The van der Waals surface area contributed by atoms with E-state index in [1.807, 2.05) is 0 Å². The van der Waals surface area contributed by atoms with Crippen LogP contribution in [0.15, 0.2) is 22.7 Å². The number of nitrogens with two attached hydrogens (primary N) is 1. The normalized spacial score (nSPS) is 18.3. The predicted molar refractivity (Wildman–Crippen MR) is 57.5 cm³/mol. The van der Waals surface area contributed by atoms with Crippen LogP contribution in [0.1, 0.15) is 5.56 Å². The number of halogens is 1. The van der Waals surface area contributed by atoms with Crippen molar-refractivity contribution < 1.29 is 9.66 Å². The Morgan fingerprint density at radius 3 is 2.67 bits per heavy atom. The van der Waals surface area contributed by atoms with Gasteiger partial charge in [-0.1, -0.05) is 15.9 Å². The van der Waals surface area contributed by atoms with E-state index in [0.29, 0.717) is 18.8 Å². The first-order valence-corrected chi connectivity index (χ1v) is 5.13. The molecule has 1 saturated heterocycles. The number of rotatable bonds is 2. The molecular weight excluding hydrogens is 264 g/mol. The summed E-state index contributed by atoms with van der Waals surface area (Å²) < 4.78 is 5.78. The molecule has 0 aliphatic carbocycles. The number of nitro groups is 1. The molecule has 0 radical (unpaired) electrons. The third kappa shape index (κ3) is 1.75. The van der Waals surface area contributed by atoms with Gasteiger partial charge in [0.25, 0.3) is 5.69 Å². The van der Waals surface area contributed by atoms with Crippen LogP contribution >= 0.6 is 15.9 Å². The van der Waals surface area contributed by atoms with E-state index in [2.05, 4.69) is 15.9 Å². The van der Waals surface area contributed by atoms with Crippen molar-refractivity contribution in [1.29, 1.82) is 0 Å². The molecule has 1 aliphatic rings. The highest BCUT2D eigenvalue weighted by molar-refractivity contribution is 9.10. The van der Waals surface area contributed by atoms with Gasteiger partial charge in [0.1, 0.15) is 0 Å². The maximum Gasteiger partial charge on any atom is 0.274 e. The number of nitro benzene ring substituents is 1. The molecule has 2 N–H and O–H groups in total. The van der Waals surface area contributed by atoms with Gasteiger partial charge in [-0.2, -0.15) is 0 Å². The summed E-state index contributed by atoms with van der Waals surface area (Å²) in [6.07, 6.45) is 0. The van der Waals surface area contributed by atoms with Crippen LogP contribution in [0.4, 0.5) is 5.69 Å². The number of benzene rings is 1. The molecule has 2 rings (SSSR count). The van der Waals surface area contributed by atoms with Crippen molar-refractivity contribution in [1.82, 2.24) is 0 Å². The Balaban J connectivity index is 2.52. The molecule has 0 aromatic heterocycles. The molecule has 5 nitrogen and oxygen atoms in total. The van der Waals surface area contributed by atoms with Crippen molar-refractivity contribution >= 4 is 21.6 Å². The molecule has 0 atom stereocenters. The summed E-state index contributed by atoms with van der Waals surface area (Å²) in [5.41, 5.74) is 5.83. The molecule has 1 aliphatic heterocycles. The lowest BCUT2D eigenvalue weighted by Crippen LogP contribution is -2.54. The molecule has 1 fully saturated rings. The van der Waals surface area contributed by atoms with Crippen LogP contribution < -0.4 is 5.73 Å². The van der Waals surface area contributed by atoms with Crippen LogP contribution in [0.25, 0.3) is 0 Å². The molecule has 1 heterocycles. The second-order valence-electron chi connectivity index (χ2n) is 3.57. The molecule has 15 heavy (non-hydrogen) atoms. The van der Waals surface area contributed by atoms with Crippen LogP contribution in [0.5, 0.6) is 0 Å². The maximum absolute atomic E-state index is 10.8. The summed E-state index contributed by atoms with van der Waals surface area (Å²) in [4.78, 5) is 10.4. The van der Waals surface area contributed by atoms with Gasteiger partial charge in [0, 0.05) is 10.5 Å². The van der Waals surface area contributed by atoms with Crippen LogP contribution in [0.2, 0.25) is 0 Å². The van der Waals surface area contributed by atoms with E-state index >= 15 is 0 Å². The molecule has 80 valence electrons. The molecule has 1 aromatic rings. The number of hydrogen-bond acceptors (Lipinski definition) is 4. The standard InChI is InChI=1S/C9H9BrN2O3/c10-6-1-2-8(12(13)14)7(3-6)9(11)4-15-5-9/h1-3H,4-5,11H2. The second kappa shape index (κ2) is 3.55. The van der Waals surface area contributed by atoms with Crippen molar-refractivity contribution in [3.63, 3.8) is 0 Å². The van der Waals surface area contributed by atoms with E-state index in [9.17, 15) is 10.1 Å². The first-order valence-electron chi connectivity index (χ1n) is 4.34. The highest BCUT2D eigenvalue weighted by atomic mass is 79.9. The summed E-state index contributed by atoms with van der Waals surface area (Å²) in [5.74, 6) is 0. The fourth-order valence-electron chi connectivity index (χ4n) is 1.54. The van der Waals surface area contributed by atoms with Crippen molar-refractivity contribution in [2.75, 3.05) is 13.2 Å². The van der Waals surface area contributed by atoms with Gasteiger partial charge < -0.3 is 10.5 Å². The van der Waals surface area contributed by atoms with Crippen LogP contribution in [0.3, 0.4) is 0 Å². The fourth-order valence-corrected chi connectivity index (χ4v) is 1.90. The van der Waals surface area contributed by atoms with E-state index < -0.39 is 10.5 Å². The summed E-state index contributed by atoms with van der Waals surface area (Å²) in [5, 5.41) is 10.8. The van der Waals surface area contributed by atoms with Gasteiger partial charge in [-0.05, 0) is 12.1 Å². The van der Waals surface area contributed by atoms with Gasteiger partial charge in [-0.3, -0.25) is 10.1 Å². The van der Waals surface area contributed by atoms with Crippen LogP contribution in [-0.2, 0) is 10.3 Å². The zero-order chi connectivity index (χ0) is 11.1. The summed E-state index contributed by atoms with van der Waals surface area (Å²) >= 11 is 3.27. The Morgan fingerprint density at radius 1 is 1.53 bits per heavy atom. The maximum atomic E-state index is 10.8. The lowest BCUT2D eigenvalue weighted by atomic mass is 9.88. The minimum absolute atomic E-state index is 0.0454. The van der Waals surface area contributed by atoms with Crippen LogP contribution in [-0.4, -0.2) is 18.1 Å². The summed E-state index contributed by atoms with van der Waals surface area (Å²) in [6, 6.07) is 4.76. The molecule has 0 unspecified atom stereocenters. The topological polar surface area (TPSA) is 78.4 Å². The zero-order valence-electron chi connectivity index (χ0n) is 7.77. The van der Waals surface area contributed by atoms with E-state index in [1.165, 1.54) is 6.07 Å². The molecular formula is C9H9BrN2O3. The van der Waals surface area contributed by atoms with Crippen molar-refractivity contribution in [2.24, 2.45) is 5.73 Å². The highest BCUT2D eigenvalue weighted by Gasteiger charge is 2.41. The third-order valence-corrected chi connectivity index (χ3v) is 2.90. The Bertz CT molecular complexity index is 418. The predicted octanol–water partition coefficient (Wildman–Crippen LogP) is 1.54. The number of hydrogen-bond donors (Lipinski definition) is 1. The first-order chi connectivity index (χ1) is 7.03. The van der Waals surface area contributed by atoms with Gasteiger partial charge in [-0.15, -0.1) is 0 Å². The number of ether oxygens (including phenoxy) is 1. The molecule has 6 heteroatoms. The number of nitrogens with zero attached hydrogens (tertiary/aromatic N) is 1. The minimum atomic E-state index is -0.716. The SMILES string of the molecule is NC1(c2cc(Br)ccc2[N+](=O)[O-])COC1. The average Bonchev–Trinajstić information content (AvgIpc) is 2.13. The van der Waals surface area contributed by atoms with Crippen LogP contribution in [0, 0.1) is 10.1 Å². The summed E-state index contributed by atoms with van der Waals surface area (Å²) in [7, 11) is 0. The van der Waals surface area contributed by atoms with Gasteiger partial charge in [0.2, 0.25) is 0 Å². The highest BCUT2D eigenvalue weighted by Crippen LogP contribution is 2.35. The van der Waals surface area contributed by atoms with Crippen molar-refractivity contribution in [3.05, 3.63) is 38.3 Å². The van der Waals surface area contributed by atoms with Crippen molar-refractivity contribution in [3.8, 4) is 0 Å². The zero-order valence-corrected chi connectivity index (χ0v) is 9.36. The smallest absolute Gasteiger partial charge is 0.274 e. The second-order valence-corrected chi connectivity index (χ2v) is 4.48. The van der Waals surface area contributed by atoms with Gasteiger partial charge in [-0.25, -0.2) is 0 Å². The molecule has 1 aromatic carbocycles. The van der Waals surface area contributed by atoms with Gasteiger partial charge in [0.05, 0.1) is 29.2 Å². The lowest BCUT2D eigenvalue weighted by molar-refractivity contribution is -0.386.